The highest BCUT2D eigenvalue weighted by Gasteiger charge is 2.38. The summed E-state index contributed by atoms with van der Waals surface area (Å²) >= 11 is 0. The molecule has 3 saturated heterocycles. The van der Waals surface area contributed by atoms with Crippen LogP contribution in [0.15, 0.2) is 42.6 Å². The third kappa shape index (κ3) is 4.06. The molecule has 8 nitrogen and oxygen atoms in total. The van der Waals surface area contributed by atoms with E-state index in [4.69, 9.17) is 4.98 Å². The molecular formula is C23H28N6O2. The van der Waals surface area contributed by atoms with E-state index < -0.39 is 0 Å². The molecule has 0 radical (unpaired) electrons. The van der Waals surface area contributed by atoms with Crippen LogP contribution >= 0.6 is 0 Å². The smallest absolute Gasteiger partial charge is 0.228 e. The molecule has 162 valence electrons. The van der Waals surface area contributed by atoms with Crippen LogP contribution in [-0.2, 0) is 9.59 Å². The number of benzene rings is 1. The van der Waals surface area contributed by atoms with Gasteiger partial charge in [0.05, 0.1) is 5.92 Å². The molecule has 3 aliphatic rings. The summed E-state index contributed by atoms with van der Waals surface area (Å²) in [5.41, 5.74) is 0.866. The van der Waals surface area contributed by atoms with E-state index in [0.717, 1.165) is 43.6 Å². The molecule has 0 saturated carbocycles. The second-order valence-corrected chi connectivity index (χ2v) is 8.46. The van der Waals surface area contributed by atoms with Crippen LogP contribution in [0.3, 0.4) is 0 Å². The van der Waals surface area contributed by atoms with Crippen molar-refractivity contribution in [3.05, 3.63) is 42.6 Å². The van der Waals surface area contributed by atoms with E-state index in [1.54, 1.807) is 4.90 Å². The first-order valence-electron chi connectivity index (χ1n) is 11.2. The standard InChI is InChI=1S/C23H28N6O2/c30-21-16-18(17-29(21)19-6-2-1-3-7-19)22(31)27-14-12-26(13-15-27)20-8-9-24-23(25-20)28-10-4-5-11-28/h1-3,6-9,18H,4-5,10-17H2. The van der Waals surface area contributed by atoms with E-state index in [2.05, 4.69) is 14.8 Å². The Bertz CT molecular complexity index is 938. The van der Waals surface area contributed by atoms with Gasteiger partial charge in [-0.25, -0.2) is 4.98 Å². The fraction of sp³-hybridized carbons (Fsp3) is 0.478. The molecule has 2 amide bonds. The van der Waals surface area contributed by atoms with Gasteiger partial charge in [0.1, 0.15) is 5.82 Å². The first kappa shape index (κ1) is 19.8. The Morgan fingerprint density at radius 1 is 0.903 bits per heavy atom. The molecular weight excluding hydrogens is 392 g/mol. The number of aromatic nitrogens is 2. The van der Waals surface area contributed by atoms with Gasteiger partial charge in [-0.1, -0.05) is 18.2 Å². The normalized spacial score (nSPS) is 21.8. The van der Waals surface area contributed by atoms with Crippen LogP contribution in [-0.4, -0.2) is 72.5 Å². The van der Waals surface area contributed by atoms with Crippen molar-refractivity contribution in [2.45, 2.75) is 19.3 Å². The number of hydrogen-bond acceptors (Lipinski definition) is 6. The number of carbonyl (C=O) groups is 2. The number of hydrogen-bond donors (Lipinski definition) is 0. The average Bonchev–Trinajstić information content (AvgIpc) is 3.50. The predicted molar refractivity (Wildman–Crippen MR) is 119 cm³/mol. The molecule has 1 aromatic heterocycles. The van der Waals surface area contributed by atoms with Crippen LogP contribution < -0.4 is 14.7 Å². The van der Waals surface area contributed by atoms with E-state index in [1.807, 2.05) is 47.5 Å². The summed E-state index contributed by atoms with van der Waals surface area (Å²) in [5, 5.41) is 0. The lowest BCUT2D eigenvalue weighted by Gasteiger charge is -2.36. The number of carbonyl (C=O) groups excluding carboxylic acids is 2. The Hall–Kier alpha value is -3.16. The lowest BCUT2D eigenvalue weighted by molar-refractivity contribution is -0.136. The van der Waals surface area contributed by atoms with Gasteiger partial charge in [0.25, 0.3) is 0 Å². The maximum absolute atomic E-state index is 13.1. The van der Waals surface area contributed by atoms with Crippen LogP contribution in [0.25, 0.3) is 0 Å². The van der Waals surface area contributed by atoms with Crippen LogP contribution in [0.2, 0.25) is 0 Å². The zero-order chi connectivity index (χ0) is 21.2. The van der Waals surface area contributed by atoms with Crippen molar-refractivity contribution in [3.63, 3.8) is 0 Å². The molecule has 1 aromatic carbocycles. The molecule has 8 heteroatoms. The Labute approximate surface area is 182 Å². The van der Waals surface area contributed by atoms with Crippen molar-refractivity contribution < 1.29 is 9.59 Å². The Kier molecular flexibility index (Phi) is 5.44. The molecule has 3 aliphatic heterocycles. The van der Waals surface area contributed by atoms with Crippen LogP contribution in [0.5, 0.6) is 0 Å². The van der Waals surface area contributed by atoms with Gasteiger partial charge in [-0.3, -0.25) is 9.59 Å². The van der Waals surface area contributed by atoms with Gasteiger partial charge in [0.15, 0.2) is 0 Å². The fourth-order valence-electron chi connectivity index (χ4n) is 4.73. The van der Waals surface area contributed by atoms with E-state index in [-0.39, 0.29) is 17.7 Å². The minimum Gasteiger partial charge on any atom is -0.353 e. The number of piperazine rings is 1. The third-order valence-corrected chi connectivity index (χ3v) is 6.47. The van der Waals surface area contributed by atoms with Crippen molar-refractivity contribution in [1.82, 2.24) is 14.9 Å². The van der Waals surface area contributed by atoms with Crippen molar-refractivity contribution >= 4 is 29.3 Å². The summed E-state index contributed by atoms with van der Waals surface area (Å²) in [6.45, 7) is 5.29. The number of amides is 2. The van der Waals surface area contributed by atoms with E-state index in [0.29, 0.717) is 26.1 Å². The van der Waals surface area contributed by atoms with Crippen LogP contribution in [0, 0.1) is 5.92 Å². The molecule has 31 heavy (non-hydrogen) atoms. The molecule has 0 N–H and O–H groups in total. The molecule has 1 unspecified atom stereocenters. The SMILES string of the molecule is O=C(C1CC(=O)N(c2ccccc2)C1)N1CCN(c2ccnc(N3CCCC3)n2)CC1. The van der Waals surface area contributed by atoms with Gasteiger partial charge >= 0.3 is 0 Å². The lowest BCUT2D eigenvalue weighted by Crippen LogP contribution is -2.51. The minimum absolute atomic E-state index is 0.0265. The van der Waals surface area contributed by atoms with Crippen LogP contribution in [0.4, 0.5) is 17.5 Å². The molecule has 4 heterocycles. The fourth-order valence-corrected chi connectivity index (χ4v) is 4.73. The molecule has 0 spiro atoms. The van der Waals surface area contributed by atoms with Crippen molar-refractivity contribution in [1.29, 1.82) is 0 Å². The predicted octanol–water partition coefficient (Wildman–Crippen LogP) is 1.78. The zero-order valence-corrected chi connectivity index (χ0v) is 17.7. The maximum atomic E-state index is 13.1. The quantitative estimate of drug-likeness (QED) is 0.751. The first-order valence-corrected chi connectivity index (χ1v) is 11.2. The van der Waals surface area contributed by atoms with Crippen molar-refractivity contribution in [2.75, 3.05) is 60.5 Å². The van der Waals surface area contributed by atoms with Gasteiger partial charge in [-0.15, -0.1) is 0 Å². The molecule has 0 bridgehead atoms. The number of anilines is 3. The number of nitrogens with zero attached hydrogens (tertiary/aromatic N) is 6. The van der Waals surface area contributed by atoms with Crippen LogP contribution in [0.1, 0.15) is 19.3 Å². The number of rotatable bonds is 4. The summed E-state index contributed by atoms with van der Waals surface area (Å²) in [4.78, 5) is 42.9. The second kappa shape index (κ2) is 8.53. The van der Waals surface area contributed by atoms with E-state index in [9.17, 15) is 9.59 Å². The average molecular weight is 421 g/mol. The molecule has 5 rings (SSSR count). The number of para-hydroxylation sites is 1. The summed E-state index contributed by atoms with van der Waals surface area (Å²) in [5.74, 6) is 1.58. The monoisotopic (exact) mass is 420 g/mol. The Morgan fingerprint density at radius 3 is 2.39 bits per heavy atom. The maximum Gasteiger partial charge on any atom is 0.228 e. The van der Waals surface area contributed by atoms with Crippen molar-refractivity contribution in [3.8, 4) is 0 Å². The van der Waals surface area contributed by atoms with Gasteiger partial charge < -0.3 is 19.6 Å². The van der Waals surface area contributed by atoms with Gasteiger partial charge in [-0.05, 0) is 31.0 Å². The Morgan fingerprint density at radius 2 is 1.65 bits per heavy atom. The minimum atomic E-state index is -0.264. The zero-order valence-electron chi connectivity index (χ0n) is 17.7. The topological polar surface area (TPSA) is 72.9 Å². The lowest BCUT2D eigenvalue weighted by atomic mass is 10.1. The second-order valence-electron chi connectivity index (χ2n) is 8.46. The van der Waals surface area contributed by atoms with E-state index in [1.165, 1.54) is 12.8 Å². The third-order valence-electron chi connectivity index (χ3n) is 6.47. The summed E-state index contributed by atoms with van der Waals surface area (Å²) in [7, 11) is 0. The van der Waals surface area contributed by atoms with Gasteiger partial charge in [0, 0.05) is 64.1 Å². The van der Waals surface area contributed by atoms with E-state index >= 15 is 0 Å². The molecule has 0 aliphatic carbocycles. The highest BCUT2D eigenvalue weighted by Crippen LogP contribution is 2.27. The molecule has 2 aromatic rings. The molecule has 3 fully saturated rings. The molecule has 1 atom stereocenters. The van der Waals surface area contributed by atoms with Crippen molar-refractivity contribution in [2.24, 2.45) is 5.92 Å². The van der Waals surface area contributed by atoms with Gasteiger partial charge in [0.2, 0.25) is 17.8 Å². The summed E-state index contributed by atoms with van der Waals surface area (Å²) < 4.78 is 0. The highest BCUT2D eigenvalue weighted by molar-refractivity contribution is 6.00. The Balaban J connectivity index is 1.19. The van der Waals surface area contributed by atoms with Gasteiger partial charge in [-0.2, -0.15) is 4.98 Å². The summed E-state index contributed by atoms with van der Waals surface area (Å²) in [6.07, 6.45) is 4.51. The largest absolute Gasteiger partial charge is 0.353 e. The first-order chi connectivity index (χ1) is 15.2. The summed E-state index contributed by atoms with van der Waals surface area (Å²) in [6, 6.07) is 11.5. The highest BCUT2D eigenvalue weighted by atomic mass is 16.2.